The molecule has 1 aliphatic rings. The van der Waals surface area contributed by atoms with Gasteiger partial charge in [-0.05, 0) is 30.5 Å². The molecule has 10 heteroatoms. The van der Waals surface area contributed by atoms with Crippen LogP contribution in [0.25, 0.3) is 11.1 Å². The predicted molar refractivity (Wildman–Crippen MR) is 112 cm³/mol. The quantitative estimate of drug-likeness (QED) is 0.755. The first-order chi connectivity index (χ1) is 13.6. The average Bonchev–Trinajstić information content (AvgIpc) is 3.18. The van der Waals surface area contributed by atoms with Crippen LogP contribution >= 0.6 is 0 Å². The number of anilines is 1. The highest BCUT2D eigenvalue weighted by Crippen LogP contribution is 2.39. The molecule has 1 fully saturated rings. The molecular formula is C19H26N6O3S. The Morgan fingerprint density at radius 3 is 2.38 bits per heavy atom. The molecule has 0 bridgehead atoms. The van der Waals surface area contributed by atoms with E-state index in [-0.39, 0.29) is 0 Å². The highest BCUT2D eigenvalue weighted by atomic mass is 32.2. The summed E-state index contributed by atoms with van der Waals surface area (Å²) in [4.78, 5) is 22.3. The van der Waals surface area contributed by atoms with E-state index in [2.05, 4.69) is 4.98 Å². The van der Waals surface area contributed by atoms with E-state index in [4.69, 9.17) is 10.7 Å². The van der Waals surface area contributed by atoms with Crippen LogP contribution in [0.5, 0.6) is 0 Å². The normalized spacial score (nSPS) is 17.6. The molecule has 2 aromatic rings. The fourth-order valence-corrected chi connectivity index (χ4v) is 4.70. The first-order valence-electron chi connectivity index (χ1n) is 9.26. The highest BCUT2D eigenvalue weighted by molar-refractivity contribution is 7.86. The lowest BCUT2D eigenvalue weighted by Crippen LogP contribution is -2.40. The molecule has 2 N–H and O–H groups in total. The summed E-state index contributed by atoms with van der Waals surface area (Å²) >= 11 is 0. The van der Waals surface area contributed by atoms with E-state index in [1.165, 1.54) is 22.7 Å². The maximum absolute atomic E-state index is 12.8. The van der Waals surface area contributed by atoms with Crippen LogP contribution in [-0.4, -0.2) is 67.6 Å². The summed E-state index contributed by atoms with van der Waals surface area (Å²) in [5, 5.41) is 0. The number of nitrogens with two attached hydrogens (primary N) is 1. The van der Waals surface area contributed by atoms with Gasteiger partial charge in [-0.25, -0.2) is 9.97 Å². The van der Waals surface area contributed by atoms with Gasteiger partial charge in [-0.15, -0.1) is 0 Å². The molecule has 0 spiro atoms. The van der Waals surface area contributed by atoms with Gasteiger partial charge in [0.25, 0.3) is 10.2 Å². The summed E-state index contributed by atoms with van der Waals surface area (Å²) in [6.07, 6.45) is 3.12. The fourth-order valence-electron chi connectivity index (χ4n) is 3.39. The lowest BCUT2D eigenvalue weighted by atomic mass is 9.99. The van der Waals surface area contributed by atoms with Crippen molar-refractivity contribution in [2.24, 2.45) is 5.73 Å². The third-order valence-corrected chi connectivity index (χ3v) is 6.92. The summed E-state index contributed by atoms with van der Waals surface area (Å²) in [6.45, 7) is 0.437. The van der Waals surface area contributed by atoms with E-state index in [0.29, 0.717) is 30.2 Å². The smallest absolute Gasteiger partial charge is 0.282 e. The second-order valence-corrected chi connectivity index (χ2v) is 9.46. The lowest BCUT2D eigenvalue weighted by Gasteiger charge is -2.28. The van der Waals surface area contributed by atoms with Crippen molar-refractivity contribution in [3.8, 4) is 11.1 Å². The lowest BCUT2D eigenvalue weighted by molar-refractivity contribution is 0.100. The van der Waals surface area contributed by atoms with E-state index in [1.807, 2.05) is 14.1 Å². The number of hydrogen-bond donors (Lipinski definition) is 1. The number of primary amides is 1. The Morgan fingerprint density at radius 1 is 1.17 bits per heavy atom. The number of aromatic nitrogens is 2. The Balaban J connectivity index is 2.13. The number of amides is 1. The summed E-state index contributed by atoms with van der Waals surface area (Å²) in [7, 11) is 3.14. The minimum absolute atomic E-state index is 0.394. The molecule has 0 saturated carbocycles. The number of rotatable bonds is 6. The average molecular weight is 419 g/mol. The van der Waals surface area contributed by atoms with Gasteiger partial charge in [0.1, 0.15) is 0 Å². The topological polar surface area (TPSA) is 113 Å². The van der Waals surface area contributed by atoms with Crippen molar-refractivity contribution in [2.75, 3.05) is 39.6 Å². The van der Waals surface area contributed by atoms with E-state index in [9.17, 15) is 13.2 Å². The number of carbonyl (C=O) groups excluding carboxylic acids is 1. The number of carbonyl (C=O) groups is 1. The molecule has 1 amide bonds. The fraction of sp³-hybridized carbons (Fsp3) is 0.421. The van der Waals surface area contributed by atoms with Gasteiger partial charge < -0.3 is 10.6 Å². The maximum atomic E-state index is 12.8. The molecule has 0 unspecified atom stereocenters. The number of hydrogen-bond acceptors (Lipinski definition) is 6. The van der Waals surface area contributed by atoms with Gasteiger partial charge in [-0.3, -0.25) is 4.79 Å². The minimum Gasteiger partial charge on any atom is -0.366 e. The summed E-state index contributed by atoms with van der Waals surface area (Å²) < 4.78 is 28.4. The molecule has 2 heterocycles. The molecule has 9 nitrogen and oxygen atoms in total. The molecule has 1 aromatic heterocycles. The molecule has 29 heavy (non-hydrogen) atoms. The van der Waals surface area contributed by atoms with Crippen molar-refractivity contribution in [2.45, 2.75) is 18.9 Å². The standard InChI is InChI=1S/C19H26N6O3S/c1-23(2)19-21-12-15(13-7-9-14(10-8-13)18(20)26)17(22-19)16-6-5-11-25(16)29(27,28)24(3)4/h7-10,12,16H,5-6,11H2,1-4H3,(H2,20,26)/t16-/m1/s1. The van der Waals surface area contributed by atoms with Crippen molar-refractivity contribution in [3.63, 3.8) is 0 Å². The number of nitrogens with zero attached hydrogens (tertiary/aromatic N) is 5. The molecular weight excluding hydrogens is 392 g/mol. The first-order valence-corrected chi connectivity index (χ1v) is 10.7. The van der Waals surface area contributed by atoms with Gasteiger partial charge in [0.2, 0.25) is 11.9 Å². The molecule has 3 rings (SSSR count). The SMILES string of the molecule is CN(C)c1ncc(-c2ccc(C(N)=O)cc2)c([C@H]2CCCN2S(=O)(=O)N(C)C)n1. The highest BCUT2D eigenvalue weighted by Gasteiger charge is 2.38. The molecule has 156 valence electrons. The van der Waals surface area contributed by atoms with Crippen molar-refractivity contribution in [3.05, 3.63) is 41.7 Å². The Bertz CT molecular complexity index is 1010. The monoisotopic (exact) mass is 418 g/mol. The van der Waals surface area contributed by atoms with E-state index in [1.54, 1.807) is 35.4 Å². The number of benzene rings is 1. The van der Waals surface area contributed by atoms with Gasteiger partial charge in [0.05, 0.1) is 11.7 Å². The second-order valence-electron chi connectivity index (χ2n) is 7.36. The summed E-state index contributed by atoms with van der Waals surface area (Å²) in [5.74, 6) is 0.00151. The largest absolute Gasteiger partial charge is 0.366 e. The van der Waals surface area contributed by atoms with Crippen LogP contribution in [0.3, 0.4) is 0 Å². The van der Waals surface area contributed by atoms with Crippen LogP contribution in [-0.2, 0) is 10.2 Å². The summed E-state index contributed by atoms with van der Waals surface area (Å²) in [5.41, 5.74) is 7.91. The zero-order chi connectivity index (χ0) is 21.3. The van der Waals surface area contributed by atoms with Crippen LogP contribution in [0, 0.1) is 0 Å². The maximum Gasteiger partial charge on any atom is 0.282 e. The zero-order valence-corrected chi connectivity index (χ0v) is 17.8. The zero-order valence-electron chi connectivity index (χ0n) is 17.0. The molecule has 0 radical (unpaired) electrons. The van der Waals surface area contributed by atoms with E-state index < -0.39 is 22.2 Å². The van der Waals surface area contributed by atoms with Crippen LogP contribution in [0.1, 0.15) is 34.9 Å². The summed E-state index contributed by atoms with van der Waals surface area (Å²) in [6, 6.07) is 6.44. The molecule has 1 atom stereocenters. The molecule has 1 saturated heterocycles. The van der Waals surface area contributed by atoms with Crippen LogP contribution < -0.4 is 10.6 Å². The molecule has 1 aromatic carbocycles. The minimum atomic E-state index is -3.59. The van der Waals surface area contributed by atoms with Crippen molar-refractivity contribution < 1.29 is 13.2 Å². The Kier molecular flexibility index (Phi) is 5.87. The van der Waals surface area contributed by atoms with Crippen LogP contribution in [0.15, 0.2) is 30.5 Å². The Hall–Kier alpha value is -2.56. The molecule has 0 aliphatic carbocycles. The van der Waals surface area contributed by atoms with E-state index in [0.717, 1.165) is 17.5 Å². The van der Waals surface area contributed by atoms with Crippen molar-refractivity contribution in [1.82, 2.24) is 18.6 Å². The predicted octanol–water partition coefficient (Wildman–Crippen LogP) is 1.25. The van der Waals surface area contributed by atoms with Gasteiger partial charge >= 0.3 is 0 Å². The van der Waals surface area contributed by atoms with E-state index >= 15 is 0 Å². The van der Waals surface area contributed by atoms with Crippen molar-refractivity contribution in [1.29, 1.82) is 0 Å². The Morgan fingerprint density at radius 2 is 1.83 bits per heavy atom. The van der Waals surface area contributed by atoms with Crippen LogP contribution in [0.2, 0.25) is 0 Å². The van der Waals surface area contributed by atoms with Gasteiger partial charge in [-0.1, -0.05) is 12.1 Å². The Labute approximate surface area is 171 Å². The third kappa shape index (κ3) is 4.09. The second kappa shape index (κ2) is 8.05. The van der Waals surface area contributed by atoms with Gasteiger partial charge in [-0.2, -0.15) is 17.0 Å². The van der Waals surface area contributed by atoms with Gasteiger partial charge in [0, 0.05) is 52.1 Å². The van der Waals surface area contributed by atoms with Gasteiger partial charge in [0.15, 0.2) is 0 Å². The first kappa shape index (κ1) is 21.2. The molecule has 1 aliphatic heterocycles. The van der Waals surface area contributed by atoms with Crippen LogP contribution in [0.4, 0.5) is 5.95 Å². The van der Waals surface area contributed by atoms with Crippen molar-refractivity contribution >= 4 is 22.1 Å². The third-order valence-electron chi connectivity index (χ3n) is 4.96.